The zero-order chi connectivity index (χ0) is 38.1. The quantitative estimate of drug-likeness (QED) is 0.241. The molecule has 4 aromatic rings. The molecule has 1 aromatic heterocycles. The van der Waals surface area contributed by atoms with Crippen LogP contribution in [0.1, 0.15) is 12.5 Å². The molecule has 0 saturated carbocycles. The zero-order valence-electron chi connectivity index (χ0n) is 30.4. The summed E-state index contributed by atoms with van der Waals surface area (Å²) < 4.78 is 56.3. The number of hydrogen-bond acceptors (Lipinski definition) is 11. The predicted molar refractivity (Wildman–Crippen MR) is 194 cm³/mol. The van der Waals surface area contributed by atoms with E-state index < -0.39 is 39.8 Å². The van der Waals surface area contributed by atoms with E-state index in [1.54, 1.807) is 118 Å². The average molecular weight is 719 g/mol. The highest BCUT2D eigenvalue weighted by molar-refractivity contribution is 7.89. The van der Waals surface area contributed by atoms with Gasteiger partial charge in [0.2, 0.25) is 21.2 Å². The van der Waals surface area contributed by atoms with Crippen molar-refractivity contribution in [3.63, 3.8) is 0 Å². The fraction of sp³-hybridized carbons (Fsp3) is 0.361. The van der Waals surface area contributed by atoms with Crippen LogP contribution in [0, 0.1) is 6.92 Å². The van der Waals surface area contributed by atoms with Crippen LogP contribution >= 0.6 is 0 Å². The van der Waals surface area contributed by atoms with Crippen molar-refractivity contribution in [2.75, 3.05) is 70.0 Å². The Balaban J connectivity index is 0.00000176. The molecule has 3 aromatic carbocycles. The fourth-order valence-corrected chi connectivity index (χ4v) is 4.94. The molecular weight excluding hydrogens is 668 g/mol. The van der Waals surface area contributed by atoms with Crippen LogP contribution in [-0.4, -0.2) is 96.2 Å². The summed E-state index contributed by atoms with van der Waals surface area (Å²) in [6.07, 6.45) is 0. The van der Waals surface area contributed by atoms with Crippen molar-refractivity contribution in [2.45, 2.75) is 24.8 Å². The number of hydrogen-bond donors (Lipinski definition) is 2. The third kappa shape index (κ3) is 16.3. The lowest BCUT2D eigenvalue weighted by Crippen LogP contribution is -2.48. The van der Waals surface area contributed by atoms with Crippen molar-refractivity contribution in [2.24, 2.45) is 0 Å². The molecule has 0 bridgehead atoms. The predicted octanol–water partition coefficient (Wildman–Crippen LogP) is 4.25. The van der Waals surface area contributed by atoms with Gasteiger partial charge in [-0.3, -0.25) is 14.4 Å². The number of ether oxygens (including phenoxy) is 5. The van der Waals surface area contributed by atoms with Gasteiger partial charge in [-0.1, -0.05) is 60.2 Å². The second-order valence-corrected chi connectivity index (χ2v) is 12.0. The Bertz CT molecular complexity index is 1700. The van der Waals surface area contributed by atoms with E-state index >= 15 is 0 Å². The van der Waals surface area contributed by atoms with Crippen molar-refractivity contribution < 1.29 is 46.1 Å². The van der Waals surface area contributed by atoms with E-state index in [1.807, 2.05) is 13.0 Å². The summed E-state index contributed by atoms with van der Waals surface area (Å²) in [7, 11) is 9.01. The van der Waals surface area contributed by atoms with Crippen molar-refractivity contribution in [3.8, 4) is 17.1 Å². The minimum absolute atomic E-state index is 0.000445. The maximum absolute atomic E-state index is 13.2. The number of nitrogens with one attached hydrogen (secondary N) is 2. The maximum Gasteiger partial charge on any atom is 0.258 e. The van der Waals surface area contributed by atoms with Gasteiger partial charge in [0.1, 0.15) is 11.4 Å². The number of carbonyl (C=O) groups excluding carboxylic acids is 2. The topological polar surface area (TPSA) is 169 Å². The van der Waals surface area contributed by atoms with Gasteiger partial charge in [0.15, 0.2) is 12.4 Å². The van der Waals surface area contributed by atoms with Crippen LogP contribution in [0.15, 0.2) is 93.0 Å². The van der Waals surface area contributed by atoms with E-state index in [1.165, 1.54) is 19.1 Å². The molecule has 2 N–H and O–H groups in total. The third-order valence-electron chi connectivity index (χ3n) is 5.76. The molecule has 4 rings (SSSR count). The Morgan fingerprint density at radius 1 is 0.760 bits per heavy atom. The minimum atomic E-state index is -3.99. The van der Waals surface area contributed by atoms with Gasteiger partial charge in [-0.15, -0.1) is 0 Å². The van der Waals surface area contributed by atoms with Crippen molar-refractivity contribution in [1.82, 2.24) is 10.0 Å². The van der Waals surface area contributed by atoms with Crippen molar-refractivity contribution in [3.05, 3.63) is 94.6 Å². The third-order valence-corrected chi connectivity index (χ3v) is 7.25. The van der Waals surface area contributed by atoms with Gasteiger partial charge in [0.05, 0.1) is 16.3 Å². The Labute approximate surface area is 294 Å². The van der Waals surface area contributed by atoms with E-state index in [0.29, 0.717) is 16.5 Å². The van der Waals surface area contributed by atoms with Gasteiger partial charge in [-0.05, 0) is 38.1 Å². The van der Waals surface area contributed by atoms with Crippen LogP contribution in [0.2, 0.25) is 0 Å². The maximum atomic E-state index is 13.2. The van der Waals surface area contributed by atoms with Crippen molar-refractivity contribution >= 4 is 32.7 Å². The lowest BCUT2D eigenvalue weighted by atomic mass is 10.1. The summed E-state index contributed by atoms with van der Waals surface area (Å²) in [6, 6.07) is 20.5. The van der Waals surface area contributed by atoms with E-state index in [4.69, 9.17) is 9.15 Å². The number of methoxy groups -OCH3 is 4. The summed E-state index contributed by atoms with van der Waals surface area (Å²) in [5.74, 6) is -1.09. The summed E-state index contributed by atoms with van der Waals surface area (Å²) >= 11 is 0. The number of para-hydroxylation sites is 1. The number of aryl methyl sites for hydroxylation is 1. The molecule has 13 nitrogen and oxygen atoms in total. The number of Topliss-reactive ketones (excluding diaryl/α,β-unsaturated/α-hetero) is 1. The smallest absolute Gasteiger partial charge is 0.258 e. The SMILES string of the molecule is CC(=O)C(CNC(=O)COc1c(-c2ccccc2)oc2ccccc2c1=O)NS(=O)(=O)c1ccc(C)cc1.COC.COC.COC.COC. The highest BCUT2D eigenvalue weighted by Crippen LogP contribution is 2.30. The minimum Gasteiger partial charge on any atom is -0.476 e. The Morgan fingerprint density at radius 2 is 1.26 bits per heavy atom. The summed E-state index contributed by atoms with van der Waals surface area (Å²) in [4.78, 5) is 37.9. The number of rotatable bonds is 10. The second kappa shape index (κ2) is 25.5. The second-order valence-electron chi connectivity index (χ2n) is 10.3. The Morgan fingerprint density at radius 3 is 1.78 bits per heavy atom. The van der Waals surface area contributed by atoms with Crippen LogP contribution in [-0.2, 0) is 38.6 Å². The molecule has 14 heteroatoms. The van der Waals surface area contributed by atoms with E-state index in [2.05, 4.69) is 29.0 Å². The first kappa shape index (κ1) is 45.6. The Hall–Kier alpha value is -4.44. The number of sulfonamides is 1. The van der Waals surface area contributed by atoms with E-state index in [-0.39, 0.29) is 22.9 Å². The highest BCUT2D eigenvalue weighted by Gasteiger charge is 2.24. The normalized spacial score (nSPS) is 10.7. The molecule has 0 spiro atoms. The molecule has 0 aliphatic heterocycles. The molecule has 0 radical (unpaired) electrons. The van der Waals surface area contributed by atoms with Gasteiger partial charge >= 0.3 is 0 Å². The number of fused-ring (bicyclic) bond motifs is 1. The molecule has 1 unspecified atom stereocenters. The standard InChI is InChI=1S/C28H26N2O7S.4C2H6O/c1-18-12-14-21(15-13-18)38(34,35)30-23(19(2)31)16-29-25(32)17-36-28-26(33)22-10-6-7-11-24(22)37-27(28)20-8-4-3-5-9-20;4*1-3-2/h3-15,23,30H,16-17H2,1-2H3,(H,29,32);4*1-2H3. The molecule has 1 atom stereocenters. The first-order valence-electron chi connectivity index (χ1n) is 15.0. The first-order valence-corrected chi connectivity index (χ1v) is 16.5. The molecule has 276 valence electrons. The molecule has 0 aliphatic rings. The molecule has 0 fully saturated rings. The van der Waals surface area contributed by atoms with Gasteiger partial charge in [0.25, 0.3) is 5.91 Å². The largest absolute Gasteiger partial charge is 0.476 e. The molecule has 1 amide bonds. The zero-order valence-corrected chi connectivity index (χ0v) is 31.2. The van der Waals surface area contributed by atoms with Crippen molar-refractivity contribution in [1.29, 1.82) is 0 Å². The molecule has 0 saturated heterocycles. The van der Waals surface area contributed by atoms with Gasteiger partial charge in [-0.2, -0.15) is 4.72 Å². The van der Waals surface area contributed by atoms with E-state index in [9.17, 15) is 22.8 Å². The molecular formula is C36H50N2O11S. The summed E-state index contributed by atoms with van der Waals surface area (Å²) in [5, 5.41) is 2.79. The molecule has 50 heavy (non-hydrogen) atoms. The van der Waals surface area contributed by atoms with E-state index in [0.717, 1.165) is 5.56 Å². The summed E-state index contributed by atoms with van der Waals surface area (Å²) in [6.45, 7) is 2.18. The number of amides is 1. The van der Waals surface area contributed by atoms with Gasteiger partial charge < -0.3 is 33.4 Å². The van der Waals surface area contributed by atoms with Crippen LogP contribution in [0.25, 0.3) is 22.3 Å². The van der Waals surface area contributed by atoms with Crippen LogP contribution < -0.4 is 20.2 Å². The lowest BCUT2D eigenvalue weighted by Gasteiger charge is -2.17. The number of benzene rings is 3. The lowest BCUT2D eigenvalue weighted by molar-refractivity contribution is -0.123. The van der Waals surface area contributed by atoms with Gasteiger partial charge in [-0.25, -0.2) is 8.42 Å². The van der Waals surface area contributed by atoms with Crippen LogP contribution in [0.3, 0.4) is 0 Å². The summed E-state index contributed by atoms with van der Waals surface area (Å²) in [5.41, 5.74) is 1.41. The molecule has 0 aliphatic carbocycles. The number of ketones is 1. The van der Waals surface area contributed by atoms with Gasteiger partial charge in [0, 0.05) is 69.0 Å². The fourth-order valence-electron chi connectivity index (χ4n) is 3.68. The Kier molecular flexibility index (Phi) is 23.3. The highest BCUT2D eigenvalue weighted by atomic mass is 32.2. The molecule has 1 heterocycles. The monoisotopic (exact) mass is 718 g/mol. The van der Waals surface area contributed by atoms with Crippen LogP contribution in [0.5, 0.6) is 5.75 Å². The number of carbonyl (C=O) groups is 2. The average Bonchev–Trinajstić information content (AvgIpc) is 3.08. The first-order chi connectivity index (χ1) is 23.8. The van der Waals surface area contributed by atoms with Crippen LogP contribution in [0.4, 0.5) is 0 Å².